The number of para-hydroxylation sites is 1. The lowest BCUT2D eigenvalue weighted by Gasteiger charge is -2.09. The van der Waals surface area contributed by atoms with Crippen LogP contribution in [0, 0.1) is 0 Å². The van der Waals surface area contributed by atoms with Gasteiger partial charge >= 0.3 is 0 Å². The third kappa shape index (κ3) is 2.86. The van der Waals surface area contributed by atoms with Crippen molar-refractivity contribution < 1.29 is 4.79 Å². The van der Waals surface area contributed by atoms with E-state index >= 15 is 0 Å². The van der Waals surface area contributed by atoms with Gasteiger partial charge in [-0.3, -0.25) is 4.79 Å². The number of carbonyl (C=O) groups is 1. The molecule has 0 unspecified atom stereocenters. The van der Waals surface area contributed by atoms with Crippen molar-refractivity contribution in [2.75, 3.05) is 0 Å². The van der Waals surface area contributed by atoms with Crippen LogP contribution in [0.15, 0.2) is 97.6 Å². The fraction of sp³-hybridized carbons (Fsp3) is 0. The van der Waals surface area contributed by atoms with Gasteiger partial charge in [-0.05, 0) is 47.0 Å². The van der Waals surface area contributed by atoms with Crippen molar-refractivity contribution >= 4 is 34.2 Å². The Balaban J connectivity index is 1.75. The van der Waals surface area contributed by atoms with Gasteiger partial charge in [0.15, 0.2) is 0 Å². The second kappa shape index (κ2) is 6.92. The number of carbonyl (C=O) groups excluding carboxylic acids is 1. The van der Waals surface area contributed by atoms with Crippen LogP contribution < -0.4 is 0 Å². The van der Waals surface area contributed by atoms with Crippen LogP contribution in [0.4, 0.5) is 0 Å². The molecule has 0 radical (unpaired) electrons. The zero-order valence-corrected chi connectivity index (χ0v) is 15.9. The Morgan fingerprint density at radius 3 is 2.03 bits per heavy atom. The fourth-order valence-electron chi connectivity index (χ4n) is 3.94. The van der Waals surface area contributed by atoms with Crippen molar-refractivity contribution in [3.05, 3.63) is 109 Å². The maximum Gasteiger partial charge on any atom is 0.150 e. The zero-order valence-electron chi connectivity index (χ0n) is 15.9. The summed E-state index contributed by atoms with van der Waals surface area (Å²) in [4.78, 5) is 10.9. The van der Waals surface area contributed by atoms with E-state index in [1.807, 2.05) is 30.3 Å². The first kappa shape index (κ1) is 17.2. The Morgan fingerprint density at radius 2 is 1.31 bits per heavy atom. The number of fused-ring (bicyclic) bond motifs is 3. The second-order valence-electron chi connectivity index (χ2n) is 7.12. The van der Waals surface area contributed by atoms with E-state index in [1.54, 1.807) is 0 Å². The number of nitrogens with zero attached hydrogens (tertiary/aromatic N) is 1. The van der Waals surface area contributed by atoms with Crippen molar-refractivity contribution in [3.8, 4) is 16.8 Å². The Bertz CT molecular complexity index is 1360. The summed E-state index contributed by atoms with van der Waals surface area (Å²) in [6.45, 7) is 3.85. The SMILES string of the molecule is C=Cc1ccc(-n2c3ccccc3c3cc(-c4ccc(C=O)cc4)ccc32)cc1. The van der Waals surface area contributed by atoms with Gasteiger partial charge in [-0.25, -0.2) is 0 Å². The smallest absolute Gasteiger partial charge is 0.150 e. The summed E-state index contributed by atoms with van der Waals surface area (Å²) in [6.07, 6.45) is 2.73. The number of rotatable bonds is 4. The molecule has 0 saturated carbocycles. The fourth-order valence-corrected chi connectivity index (χ4v) is 3.94. The van der Waals surface area contributed by atoms with Crippen LogP contribution in [-0.4, -0.2) is 10.9 Å². The summed E-state index contributed by atoms with van der Waals surface area (Å²) in [5.74, 6) is 0. The maximum atomic E-state index is 10.9. The van der Waals surface area contributed by atoms with Crippen LogP contribution in [0.3, 0.4) is 0 Å². The highest BCUT2D eigenvalue weighted by molar-refractivity contribution is 6.10. The van der Waals surface area contributed by atoms with E-state index in [0.29, 0.717) is 5.56 Å². The predicted octanol–water partition coefficient (Wildman–Crippen LogP) is 6.91. The summed E-state index contributed by atoms with van der Waals surface area (Å²) in [6, 6.07) is 31.2. The Morgan fingerprint density at radius 1 is 0.655 bits per heavy atom. The Labute approximate surface area is 169 Å². The van der Waals surface area contributed by atoms with Crippen LogP contribution in [0.25, 0.3) is 44.7 Å². The van der Waals surface area contributed by atoms with Gasteiger partial charge in [-0.15, -0.1) is 0 Å². The molecule has 5 rings (SSSR count). The van der Waals surface area contributed by atoms with Crippen LogP contribution in [-0.2, 0) is 0 Å². The average molecular weight is 373 g/mol. The van der Waals surface area contributed by atoms with E-state index in [0.717, 1.165) is 28.7 Å². The van der Waals surface area contributed by atoms with E-state index in [9.17, 15) is 4.79 Å². The summed E-state index contributed by atoms with van der Waals surface area (Å²) in [5, 5.41) is 2.44. The topological polar surface area (TPSA) is 22.0 Å². The minimum absolute atomic E-state index is 0.689. The first-order chi connectivity index (χ1) is 14.3. The molecule has 0 N–H and O–H groups in total. The normalized spacial score (nSPS) is 11.0. The lowest BCUT2D eigenvalue weighted by Crippen LogP contribution is -1.93. The molecule has 0 fully saturated rings. The van der Waals surface area contributed by atoms with Crippen LogP contribution in [0.5, 0.6) is 0 Å². The molecule has 1 aromatic heterocycles. The molecule has 0 spiro atoms. The maximum absolute atomic E-state index is 10.9. The lowest BCUT2D eigenvalue weighted by molar-refractivity contribution is 0.112. The van der Waals surface area contributed by atoms with Gasteiger partial charge in [0.25, 0.3) is 0 Å². The molecule has 1 heterocycles. The van der Waals surface area contributed by atoms with Gasteiger partial charge in [0.2, 0.25) is 0 Å². The van der Waals surface area contributed by atoms with Crippen molar-refractivity contribution in [3.63, 3.8) is 0 Å². The molecular weight excluding hydrogens is 354 g/mol. The average Bonchev–Trinajstić information content (AvgIpc) is 3.13. The summed E-state index contributed by atoms with van der Waals surface area (Å²) >= 11 is 0. The second-order valence-corrected chi connectivity index (χ2v) is 7.12. The highest BCUT2D eigenvalue weighted by Crippen LogP contribution is 2.34. The molecule has 0 aliphatic carbocycles. The van der Waals surface area contributed by atoms with Crippen molar-refractivity contribution in [1.29, 1.82) is 0 Å². The van der Waals surface area contributed by atoms with Gasteiger partial charge < -0.3 is 4.57 Å². The first-order valence-electron chi connectivity index (χ1n) is 9.60. The number of aromatic nitrogens is 1. The minimum Gasteiger partial charge on any atom is -0.309 e. The van der Waals surface area contributed by atoms with E-state index in [-0.39, 0.29) is 0 Å². The molecule has 0 aliphatic rings. The summed E-state index contributed by atoms with van der Waals surface area (Å²) in [7, 11) is 0. The van der Waals surface area contributed by atoms with Gasteiger partial charge in [0, 0.05) is 22.0 Å². The quantitative estimate of drug-likeness (QED) is 0.314. The monoisotopic (exact) mass is 373 g/mol. The van der Waals surface area contributed by atoms with Gasteiger partial charge in [-0.2, -0.15) is 0 Å². The minimum atomic E-state index is 0.689. The van der Waals surface area contributed by atoms with Crippen LogP contribution in [0.2, 0.25) is 0 Å². The highest BCUT2D eigenvalue weighted by atomic mass is 16.1. The highest BCUT2D eigenvalue weighted by Gasteiger charge is 2.13. The molecule has 0 aliphatic heterocycles. The number of hydrogen-bond donors (Lipinski definition) is 0. The van der Waals surface area contributed by atoms with Gasteiger partial charge in [0.1, 0.15) is 6.29 Å². The first-order valence-corrected chi connectivity index (χ1v) is 9.60. The lowest BCUT2D eigenvalue weighted by atomic mass is 10.0. The summed E-state index contributed by atoms with van der Waals surface area (Å²) < 4.78 is 2.30. The molecular formula is C27H19NO. The largest absolute Gasteiger partial charge is 0.309 e. The van der Waals surface area contributed by atoms with Gasteiger partial charge in [0.05, 0.1) is 11.0 Å². The van der Waals surface area contributed by atoms with E-state index in [1.165, 1.54) is 21.8 Å². The Hall–Kier alpha value is -3.91. The molecule has 0 bridgehead atoms. The van der Waals surface area contributed by atoms with Crippen LogP contribution >= 0.6 is 0 Å². The zero-order chi connectivity index (χ0) is 19.8. The van der Waals surface area contributed by atoms with Crippen molar-refractivity contribution in [2.45, 2.75) is 0 Å². The van der Waals surface area contributed by atoms with E-state index < -0.39 is 0 Å². The molecule has 29 heavy (non-hydrogen) atoms. The third-order valence-corrected chi connectivity index (χ3v) is 5.44. The number of aldehydes is 1. The van der Waals surface area contributed by atoms with Crippen molar-refractivity contribution in [1.82, 2.24) is 4.57 Å². The number of benzene rings is 4. The van der Waals surface area contributed by atoms with Crippen LogP contribution in [0.1, 0.15) is 15.9 Å². The number of hydrogen-bond acceptors (Lipinski definition) is 1. The molecule has 0 saturated heterocycles. The molecule has 0 amide bonds. The Kier molecular flexibility index (Phi) is 4.10. The molecule has 5 aromatic rings. The van der Waals surface area contributed by atoms with E-state index in [2.05, 4.69) is 77.9 Å². The molecule has 0 atom stereocenters. The van der Waals surface area contributed by atoms with E-state index in [4.69, 9.17) is 0 Å². The van der Waals surface area contributed by atoms with Crippen molar-refractivity contribution in [2.24, 2.45) is 0 Å². The third-order valence-electron chi connectivity index (χ3n) is 5.44. The molecule has 4 aromatic carbocycles. The molecule has 2 nitrogen and oxygen atoms in total. The molecule has 2 heteroatoms. The standard InChI is InChI=1S/C27H19NO/c1-2-19-9-14-23(15-10-19)28-26-6-4-3-5-24(26)25-17-22(13-16-27(25)28)21-11-7-20(18-29)8-12-21/h2-18H,1H2. The van der Waals surface area contributed by atoms with Gasteiger partial charge in [-0.1, -0.05) is 73.3 Å². The summed E-state index contributed by atoms with van der Waals surface area (Å²) in [5.41, 5.74) is 7.52. The predicted molar refractivity (Wildman–Crippen MR) is 122 cm³/mol. The molecule has 138 valence electrons.